The average molecular weight is 353 g/mol. The molecule has 0 saturated carbocycles. The minimum absolute atomic E-state index is 0.173. The molecule has 136 valence electrons. The highest BCUT2D eigenvalue weighted by atomic mass is 16.5. The first kappa shape index (κ1) is 17.8. The van der Waals surface area contributed by atoms with Gasteiger partial charge in [-0.3, -0.25) is 9.80 Å². The molecule has 0 bridgehead atoms. The highest BCUT2D eigenvalue weighted by Gasteiger charge is 2.15. The number of hydrogen-bond donors (Lipinski definition) is 1. The number of carbonyl (C=O) groups is 1. The third kappa shape index (κ3) is 3.64. The predicted molar refractivity (Wildman–Crippen MR) is 104 cm³/mol. The van der Waals surface area contributed by atoms with E-state index in [4.69, 9.17) is 9.47 Å². The molecule has 0 radical (unpaired) electrons. The van der Waals surface area contributed by atoms with Gasteiger partial charge in [0, 0.05) is 36.0 Å². The maximum Gasteiger partial charge on any atom is 0.255 e. The van der Waals surface area contributed by atoms with E-state index in [1.807, 2.05) is 49.2 Å². The summed E-state index contributed by atoms with van der Waals surface area (Å²) < 4.78 is 10.6. The van der Waals surface area contributed by atoms with Crippen LogP contribution in [0, 0.1) is 6.92 Å². The molecule has 1 aliphatic rings. The van der Waals surface area contributed by atoms with Crippen LogP contribution < -0.4 is 19.8 Å². The number of methoxy groups -OCH3 is 2. The van der Waals surface area contributed by atoms with Gasteiger partial charge in [-0.2, -0.15) is 5.10 Å². The van der Waals surface area contributed by atoms with Gasteiger partial charge in [-0.25, -0.2) is 0 Å². The summed E-state index contributed by atoms with van der Waals surface area (Å²) in [4.78, 5) is 12.6. The summed E-state index contributed by atoms with van der Waals surface area (Å²) >= 11 is 0. The van der Waals surface area contributed by atoms with E-state index in [2.05, 4.69) is 10.4 Å². The highest BCUT2D eigenvalue weighted by molar-refractivity contribution is 6.05. The monoisotopic (exact) mass is 353 g/mol. The first-order chi connectivity index (χ1) is 12.5. The number of rotatable bonds is 5. The number of benzene rings is 2. The van der Waals surface area contributed by atoms with Gasteiger partial charge in [-0.1, -0.05) is 0 Å². The summed E-state index contributed by atoms with van der Waals surface area (Å²) in [5.41, 5.74) is 4.28. The van der Waals surface area contributed by atoms with Crippen LogP contribution in [0.15, 0.2) is 41.5 Å². The molecule has 6 heteroatoms. The largest absolute Gasteiger partial charge is 0.493 e. The summed E-state index contributed by atoms with van der Waals surface area (Å²) in [5, 5.41) is 9.36. The second kappa shape index (κ2) is 7.47. The van der Waals surface area contributed by atoms with Crippen LogP contribution in [-0.2, 0) is 0 Å². The van der Waals surface area contributed by atoms with Crippen molar-refractivity contribution in [2.75, 3.05) is 31.1 Å². The van der Waals surface area contributed by atoms with E-state index in [0.29, 0.717) is 22.7 Å². The summed E-state index contributed by atoms with van der Waals surface area (Å²) in [6.07, 6.45) is 0.973. The molecule has 2 aromatic rings. The van der Waals surface area contributed by atoms with Crippen LogP contribution in [0.2, 0.25) is 0 Å². The van der Waals surface area contributed by atoms with Crippen LogP contribution >= 0.6 is 0 Å². The zero-order valence-corrected chi connectivity index (χ0v) is 15.5. The molecule has 0 unspecified atom stereocenters. The number of ether oxygens (including phenoxy) is 2. The normalized spacial score (nSPS) is 13.4. The fraction of sp³-hybridized carbons (Fsp3) is 0.300. The molecule has 1 N–H and O–H groups in total. The van der Waals surface area contributed by atoms with Crippen LogP contribution in [0.1, 0.15) is 29.3 Å². The van der Waals surface area contributed by atoms with Gasteiger partial charge in [-0.15, -0.1) is 0 Å². The minimum atomic E-state index is -0.173. The number of aryl methyl sites for hydroxylation is 1. The molecule has 0 atom stereocenters. The van der Waals surface area contributed by atoms with E-state index in [0.717, 1.165) is 29.9 Å². The second-order valence-corrected chi connectivity index (χ2v) is 6.23. The van der Waals surface area contributed by atoms with Crippen molar-refractivity contribution < 1.29 is 14.3 Å². The summed E-state index contributed by atoms with van der Waals surface area (Å²) in [7, 11) is 3.16. The molecule has 2 aromatic carbocycles. The van der Waals surface area contributed by atoms with Crippen molar-refractivity contribution in [2.24, 2.45) is 5.10 Å². The van der Waals surface area contributed by atoms with Gasteiger partial charge in [0.25, 0.3) is 5.91 Å². The first-order valence-corrected chi connectivity index (χ1v) is 8.47. The topological polar surface area (TPSA) is 63.2 Å². The highest BCUT2D eigenvalue weighted by Crippen LogP contribution is 2.33. The van der Waals surface area contributed by atoms with Crippen molar-refractivity contribution >= 4 is 23.0 Å². The van der Waals surface area contributed by atoms with E-state index >= 15 is 0 Å². The molecule has 3 rings (SSSR count). The van der Waals surface area contributed by atoms with Gasteiger partial charge in [0.2, 0.25) is 0 Å². The van der Waals surface area contributed by atoms with Crippen molar-refractivity contribution in [3.8, 4) is 11.5 Å². The Morgan fingerprint density at radius 3 is 2.31 bits per heavy atom. The molecule has 0 aromatic heterocycles. The Bertz CT molecular complexity index is 844. The third-order valence-electron chi connectivity index (χ3n) is 4.38. The number of nitrogens with zero attached hydrogens (tertiary/aromatic N) is 2. The summed E-state index contributed by atoms with van der Waals surface area (Å²) in [5.74, 6) is 1.03. The fourth-order valence-corrected chi connectivity index (χ4v) is 2.86. The number of hydrazone groups is 1. The third-order valence-corrected chi connectivity index (χ3v) is 4.38. The second-order valence-electron chi connectivity index (χ2n) is 6.23. The Kier molecular flexibility index (Phi) is 5.11. The van der Waals surface area contributed by atoms with E-state index in [9.17, 15) is 4.79 Å². The molecule has 1 aliphatic heterocycles. The zero-order chi connectivity index (χ0) is 18.7. The first-order valence-electron chi connectivity index (χ1n) is 8.47. The van der Waals surface area contributed by atoms with Gasteiger partial charge in [0.05, 0.1) is 19.9 Å². The van der Waals surface area contributed by atoms with Gasteiger partial charge in [0.1, 0.15) is 0 Å². The fourth-order valence-electron chi connectivity index (χ4n) is 2.86. The van der Waals surface area contributed by atoms with Crippen molar-refractivity contribution in [1.82, 2.24) is 0 Å². The lowest BCUT2D eigenvalue weighted by molar-refractivity contribution is 0.102. The van der Waals surface area contributed by atoms with Gasteiger partial charge in [0.15, 0.2) is 11.5 Å². The Labute approximate surface area is 153 Å². The number of hydrogen-bond acceptors (Lipinski definition) is 5. The van der Waals surface area contributed by atoms with E-state index in [1.54, 1.807) is 20.3 Å². The Morgan fingerprint density at radius 2 is 1.73 bits per heavy atom. The maximum atomic E-state index is 12.6. The predicted octanol–water partition coefficient (Wildman–Crippen LogP) is 3.85. The smallest absolute Gasteiger partial charge is 0.255 e. The van der Waals surface area contributed by atoms with E-state index in [-0.39, 0.29) is 5.91 Å². The van der Waals surface area contributed by atoms with Crippen LogP contribution in [0.3, 0.4) is 0 Å². The van der Waals surface area contributed by atoms with Gasteiger partial charge in [-0.05, 0) is 49.7 Å². The zero-order valence-electron chi connectivity index (χ0n) is 15.5. The summed E-state index contributed by atoms with van der Waals surface area (Å²) in [6.45, 7) is 4.81. The molecule has 1 amide bonds. The standard InChI is InChI=1S/C20H23N3O3/c1-13-11-18(25-3)19(26-4)12-17(13)21-20(24)15-5-7-16(8-6-15)23-10-9-14(2)22-23/h5-8,11-12H,9-10H2,1-4H3,(H,21,24). The molecule has 26 heavy (non-hydrogen) atoms. The molecular weight excluding hydrogens is 330 g/mol. The lowest BCUT2D eigenvalue weighted by atomic mass is 10.1. The molecule has 0 aliphatic carbocycles. The van der Waals surface area contributed by atoms with Gasteiger partial charge >= 0.3 is 0 Å². The van der Waals surface area contributed by atoms with Crippen LogP contribution in [0.4, 0.5) is 11.4 Å². The van der Waals surface area contributed by atoms with Crippen LogP contribution in [0.5, 0.6) is 11.5 Å². The molecule has 0 saturated heterocycles. The summed E-state index contributed by atoms with van der Waals surface area (Å²) in [6, 6.07) is 11.1. The Hall–Kier alpha value is -3.02. The molecule has 6 nitrogen and oxygen atoms in total. The maximum absolute atomic E-state index is 12.6. The lowest BCUT2D eigenvalue weighted by Crippen LogP contribution is -2.14. The SMILES string of the molecule is COc1cc(C)c(NC(=O)c2ccc(N3CCC(C)=N3)cc2)cc1OC. The molecule has 0 spiro atoms. The Morgan fingerprint density at radius 1 is 1.08 bits per heavy atom. The van der Waals surface area contributed by atoms with Crippen molar-refractivity contribution in [3.63, 3.8) is 0 Å². The van der Waals surface area contributed by atoms with Gasteiger partial charge < -0.3 is 14.8 Å². The molecule has 0 fully saturated rings. The number of anilines is 2. The molecular formula is C20H23N3O3. The quantitative estimate of drug-likeness (QED) is 0.887. The average Bonchev–Trinajstić information content (AvgIpc) is 3.09. The van der Waals surface area contributed by atoms with Crippen molar-refractivity contribution in [2.45, 2.75) is 20.3 Å². The van der Waals surface area contributed by atoms with E-state index < -0.39 is 0 Å². The Balaban J connectivity index is 1.76. The number of nitrogens with one attached hydrogen (secondary N) is 1. The molecule has 1 heterocycles. The minimum Gasteiger partial charge on any atom is -0.493 e. The number of amides is 1. The number of carbonyl (C=O) groups excluding carboxylic acids is 1. The van der Waals surface area contributed by atoms with Crippen molar-refractivity contribution in [1.29, 1.82) is 0 Å². The lowest BCUT2D eigenvalue weighted by Gasteiger charge is -2.15. The van der Waals surface area contributed by atoms with E-state index in [1.165, 1.54) is 0 Å². The van der Waals surface area contributed by atoms with Crippen LogP contribution in [-0.4, -0.2) is 32.4 Å². The van der Waals surface area contributed by atoms with Crippen LogP contribution in [0.25, 0.3) is 0 Å². The van der Waals surface area contributed by atoms with Crippen molar-refractivity contribution in [3.05, 3.63) is 47.5 Å².